The highest BCUT2D eigenvalue weighted by molar-refractivity contribution is 5.79. The van der Waals surface area contributed by atoms with Crippen LogP contribution in [-0.4, -0.2) is 14.5 Å². The Kier molecular flexibility index (Phi) is 5.76. The number of fused-ring (bicyclic) bond motifs is 3. The zero-order valence-corrected chi connectivity index (χ0v) is 20.0. The smallest absolute Gasteiger partial charge is 0.245 e. The van der Waals surface area contributed by atoms with Crippen LogP contribution in [0.1, 0.15) is 22.5 Å². The molecule has 3 aromatic heterocycles. The lowest BCUT2D eigenvalue weighted by atomic mass is 10.1. The number of benzene rings is 3. The first-order chi connectivity index (χ1) is 16.1. The second kappa shape index (κ2) is 8.88. The van der Waals surface area contributed by atoms with Gasteiger partial charge in [0.25, 0.3) is 0 Å². The Balaban J connectivity index is 0.00000241. The van der Waals surface area contributed by atoms with Gasteiger partial charge >= 0.3 is 0 Å². The van der Waals surface area contributed by atoms with Gasteiger partial charge in [-0.25, -0.2) is 19.1 Å². The monoisotopic (exact) mass is 464 g/mol. The number of rotatable bonds is 4. The van der Waals surface area contributed by atoms with Crippen LogP contribution >= 0.6 is 0 Å². The molecule has 0 amide bonds. The Morgan fingerprint density at radius 1 is 0.706 bits per heavy atom. The fourth-order valence-electron chi connectivity index (χ4n) is 4.53. The lowest BCUT2D eigenvalue weighted by Gasteiger charge is -2.03. The van der Waals surface area contributed by atoms with Gasteiger partial charge < -0.3 is 12.4 Å². The van der Waals surface area contributed by atoms with Crippen molar-refractivity contribution in [1.82, 2.24) is 14.5 Å². The quantitative estimate of drug-likeness (QED) is 0.376. The number of hydrogen-bond acceptors (Lipinski definition) is 2. The molecule has 0 saturated heterocycles. The normalized spacial score (nSPS) is 11.2. The number of hydrogen-bond donors (Lipinski definition) is 0. The summed E-state index contributed by atoms with van der Waals surface area (Å²) in [7, 11) is 0. The molecule has 0 aliphatic heterocycles. The van der Waals surface area contributed by atoms with Crippen molar-refractivity contribution in [2.75, 3.05) is 0 Å². The van der Waals surface area contributed by atoms with Gasteiger partial charge in [-0.1, -0.05) is 48.5 Å². The molecule has 0 fully saturated rings. The molecule has 0 aliphatic carbocycles. The molecular formula is C29H25ClN4. The third kappa shape index (κ3) is 4.02. The summed E-state index contributed by atoms with van der Waals surface area (Å²) in [5, 5.41) is 2.34. The lowest BCUT2D eigenvalue weighted by Crippen LogP contribution is -3.00. The predicted octanol–water partition coefficient (Wildman–Crippen LogP) is 2.74. The van der Waals surface area contributed by atoms with Crippen molar-refractivity contribution >= 4 is 32.8 Å². The Bertz CT molecular complexity index is 1530. The number of halogens is 1. The molecular weight excluding hydrogens is 440 g/mol. The van der Waals surface area contributed by atoms with E-state index >= 15 is 0 Å². The minimum absolute atomic E-state index is 0. The van der Waals surface area contributed by atoms with Gasteiger partial charge in [0.15, 0.2) is 11.0 Å². The molecule has 0 atom stereocenters. The fraction of sp³-hybridized carbons (Fsp3) is 0.138. The van der Waals surface area contributed by atoms with Gasteiger partial charge in [-0.3, -0.25) is 0 Å². The molecule has 5 heteroatoms. The summed E-state index contributed by atoms with van der Waals surface area (Å²) < 4.78 is 4.61. The molecule has 168 valence electrons. The first-order valence-corrected chi connectivity index (χ1v) is 11.3. The highest BCUT2D eigenvalue weighted by atomic mass is 35.5. The van der Waals surface area contributed by atoms with Gasteiger partial charge in [-0.15, -0.1) is 0 Å². The average Bonchev–Trinajstić information content (AvgIpc) is 3.14. The zero-order chi connectivity index (χ0) is 22.4. The van der Waals surface area contributed by atoms with E-state index in [2.05, 4.69) is 102 Å². The van der Waals surface area contributed by atoms with Gasteiger partial charge in [-0.2, -0.15) is 0 Å². The maximum Gasteiger partial charge on any atom is 0.245 e. The van der Waals surface area contributed by atoms with Crippen LogP contribution in [0.2, 0.25) is 0 Å². The average molecular weight is 465 g/mol. The summed E-state index contributed by atoms with van der Waals surface area (Å²) >= 11 is 0. The van der Waals surface area contributed by atoms with Crippen molar-refractivity contribution < 1.29 is 17.0 Å². The van der Waals surface area contributed by atoms with Crippen LogP contribution in [0.5, 0.6) is 0 Å². The summed E-state index contributed by atoms with van der Waals surface area (Å²) in [5.74, 6) is 0. The number of pyridine rings is 2. The molecule has 0 N–H and O–H groups in total. The Morgan fingerprint density at radius 2 is 1.29 bits per heavy atom. The summed E-state index contributed by atoms with van der Waals surface area (Å²) in [4.78, 5) is 9.80. The number of aromatic nitrogens is 4. The van der Waals surface area contributed by atoms with Crippen LogP contribution in [0.25, 0.3) is 32.8 Å². The van der Waals surface area contributed by atoms with E-state index in [1.165, 1.54) is 32.9 Å². The highest BCUT2D eigenvalue weighted by Crippen LogP contribution is 2.20. The predicted molar refractivity (Wildman–Crippen MR) is 133 cm³/mol. The number of imidazole rings is 1. The molecule has 3 aromatic carbocycles. The van der Waals surface area contributed by atoms with Crippen LogP contribution in [-0.2, 0) is 13.1 Å². The van der Waals surface area contributed by atoms with Crippen LogP contribution < -0.4 is 17.0 Å². The molecule has 6 aromatic rings. The summed E-state index contributed by atoms with van der Waals surface area (Å²) in [6.07, 6.45) is 2.21. The van der Waals surface area contributed by atoms with E-state index in [0.29, 0.717) is 0 Å². The minimum atomic E-state index is 0. The summed E-state index contributed by atoms with van der Waals surface area (Å²) in [6.45, 7) is 5.80. The second-order valence-electron chi connectivity index (χ2n) is 8.79. The molecule has 0 aliphatic rings. The number of para-hydroxylation sites is 2. The van der Waals surface area contributed by atoms with Crippen molar-refractivity contribution in [3.8, 4) is 0 Å². The molecule has 0 bridgehead atoms. The van der Waals surface area contributed by atoms with Crippen molar-refractivity contribution in [3.63, 3.8) is 0 Å². The van der Waals surface area contributed by atoms with E-state index in [0.717, 1.165) is 35.5 Å². The van der Waals surface area contributed by atoms with E-state index in [4.69, 9.17) is 9.97 Å². The maximum atomic E-state index is 4.90. The standard InChI is InChI=1S/C29H25N4.ClH/c1-20-15-28-29(16-21(20)2)33(18-25-14-12-23-8-4-6-10-27(23)31-25)19-32(28)17-24-13-11-22-7-3-5-9-26(22)30-24;/h3-16,19H,17-18H2,1-2H3;1H/q+1;/p-1. The Hall–Kier alpha value is -3.76. The Labute approximate surface area is 204 Å². The van der Waals surface area contributed by atoms with Crippen LogP contribution in [0.15, 0.2) is 91.3 Å². The lowest BCUT2D eigenvalue weighted by molar-refractivity contribution is -0.663. The topological polar surface area (TPSA) is 34.6 Å². The number of aryl methyl sites for hydroxylation is 2. The summed E-state index contributed by atoms with van der Waals surface area (Å²) in [5.41, 5.74) is 9.20. The van der Waals surface area contributed by atoms with Crippen molar-refractivity contribution in [1.29, 1.82) is 0 Å². The molecule has 3 heterocycles. The third-order valence-corrected chi connectivity index (χ3v) is 6.47. The molecule has 4 nitrogen and oxygen atoms in total. The van der Waals surface area contributed by atoms with E-state index in [-0.39, 0.29) is 12.4 Å². The van der Waals surface area contributed by atoms with Crippen LogP contribution in [0.4, 0.5) is 0 Å². The van der Waals surface area contributed by atoms with Gasteiger partial charge in [0.2, 0.25) is 6.33 Å². The van der Waals surface area contributed by atoms with Gasteiger partial charge in [0.05, 0.1) is 22.4 Å². The minimum Gasteiger partial charge on any atom is -1.00 e. The SMILES string of the molecule is Cc1cc2c(cc1C)[n+](Cc1ccc3ccccc3n1)cn2Cc1ccc2ccccc2n1.[Cl-]. The molecule has 34 heavy (non-hydrogen) atoms. The molecule has 6 rings (SSSR count). The third-order valence-electron chi connectivity index (χ3n) is 6.47. The van der Waals surface area contributed by atoms with E-state index in [1.54, 1.807) is 0 Å². The van der Waals surface area contributed by atoms with Gasteiger partial charge in [0.1, 0.15) is 13.1 Å². The van der Waals surface area contributed by atoms with Crippen LogP contribution in [0.3, 0.4) is 0 Å². The van der Waals surface area contributed by atoms with E-state index < -0.39 is 0 Å². The van der Waals surface area contributed by atoms with Crippen molar-refractivity contribution in [2.24, 2.45) is 0 Å². The molecule has 0 unspecified atom stereocenters. The molecule has 0 radical (unpaired) electrons. The van der Waals surface area contributed by atoms with E-state index in [1.807, 2.05) is 12.1 Å². The summed E-state index contributed by atoms with van der Waals surface area (Å²) in [6, 6.07) is 29.7. The largest absolute Gasteiger partial charge is 1.00 e. The molecule has 0 saturated carbocycles. The molecule has 0 spiro atoms. The van der Waals surface area contributed by atoms with Gasteiger partial charge in [-0.05, 0) is 61.4 Å². The zero-order valence-electron chi connectivity index (χ0n) is 19.2. The van der Waals surface area contributed by atoms with Crippen LogP contribution in [0, 0.1) is 13.8 Å². The van der Waals surface area contributed by atoms with Crippen molar-refractivity contribution in [3.05, 3.63) is 114 Å². The second-order valence-corrected chi connectivity index (χ2v) is 8.79. The van der Waals surface area contributed by atoms with Crippen molar-refractivity contribution in [2.45, 2.75) is 26.9 Å². The first-order valence-electron chi connectivity index (χ1n) is 11.3. The maximum absolute atomic E-state index is 4.90. The van der Waals surface area contributed by atoms with Gasteiger partial charge in [0, 0.05) is 10.8 Å². The van der Waals surface area contributed by atoms with E-state index in [9.17, 15) is 0 Å². The first kappa shape index (κ1) is 22.1. The Morgan fingerprint density at radius 3 is 2.00 bits per heavy atom. The fourth-order valence-corrected chi connectivity index (χ4v) is 4.53. The number of nitrogens with zero attached hydrogens (tertiary/aromatic N) is 4. The highest BCUT2D eigenvalue weighted by Gasteiger charge is 2.19.